The highest BCUT2D eigenvalue weighted by Crippen LogP contribution is 2.50. The average molecular weight is 548 g/mol. The van der Waals surface area contributed by atoms with Gasteiger partial charge in [-0.3, -0.25) is 9.59 Å². The molecule has 3 amide bonds. The normalized spacial score (nSPS) is 22.9. The van der Waals surface area contributed by atoms with Gasteiger partial charge in [0, 0.05) is 67.7 Å². The minimum Gasteiger partial charge on any atom is -0.444 e. The van der Waals surface area contributed by atoms with Crippen molar-refractivity contribution in [3.8, 4) is 0 Å². The zero-order valence-electron chi connectivity index (χ0n) is 24.1. The van der Waals surface area contributed by atoms with Gasteiger partial charge < -0.3 is 30.5 Å². The first-order valence-corrected chi connectivity index (χ1v) is 14.3. The van der Waals surface area contributed by atoms with Crippen molar-refractivity contribution in [2.24, 2.45) is 17.6 Å². The second-order valence-electron chi connectivity index (χ2n) is 12.3. The van der Waals surface area contributed by atoms with Gasteiger partial charge in [0.25, 0.3) is 0 Å². The molecule has 0 aromatic heterocycles. The molecule has 2 aliphatic heterocycles. The van der Waals surface area contributed by atoms with Crippen LogP contribution < -0.4 is 20.9 Å². The molecular formula is C31H41N5O4. The summed E-state index contributed by atoms with van der Waals surface area (Å²) in [7, 11) is 0. The Balaban J connectivity index is 1.33. The van der Waals surface area contributed by atoms with Gasteiger partial charge in [-0.2, -0.15) is 0 Å². The molecule has 1 saturated heterocycles. The van der Waals surface area contributed by atoms with Crippen LogP contribution in [0.25, 0.3) is 0 Å². The highest BCUT2D eigenvalue weighted by atomic mass is 16.6. The van der Waals surface area contributed by atoms with Crippen molar-refractivity contribution in [3.05, 3.63) is 53.6 Å². The molecule has 0 unspecified atom stereocenters. The third-order valence-electron chi connectivity index (χ3n) is 8.20. The van der Waals surface area contributed by atoms with Crippen molar-refractivity contribution < 1.29 is 19.1 Å². The van der Waals surface area contributed by atoms with Gasteiger partial charge in [-0.25, -0.2) is 4.79 Å². The number of amides is 3. The molecule has 1 aliphatic carbocycles. The highest BCUT2D eigenvalue weighted by Gasteiger charge is 2.47. The van der Waals surface area contributed by atoms with Gasteiger partial charge in [-0.1, -0.05) is 6.92 Å². The van der Waals surface area contributed by atoms with Crippen molar-refractivity contribution >= 4 is 35.0 Å². The predicted octanol–water partition coefficient (Wildman–Crippen LogP) is 4.78. The largest absolute Gasteiger partial charge is 0.444 e. The monoisotopic (exact) mass is 547 g/mol. The lowest BCUT2D eigenvalue weighted by Gasteiger charge is -2.46. The number of nitrogens with one attached hydrogen (secondary N) is 1. The maximum Gasteiger partial charge on any atom is 0.410 e. The Kier molecular flexibility index (Phi) is 7.42. The third kappa shape index (κ3) is 5.74. The number of carbonyl (C=O) groups excluding carboxylic acids is 3. The molecule has 1 saturated carbocycles. The lowest BCUT2D eigenvalue weighted by molar-refractivity contribution is -0.117. The summed E-state index contributed by atoms with van der Waals surface area (Å²) in [5.74, 6) is 0.150. The Bertz CT molecular complexity index is 1280. The smallest absolute Gasteiger partial charge is 0.410 e. The van der Waals surface area contributed by atoms with Gasteiger partial charge in [-0.05, 0) is 87.6 Å². The fraction of sp³-hybridized carbons (Fsp3) is 0.516. The summed E-state index contributed by atoms with van der Waals surface area (Å²) in [5, 5.41) is 3.72. The van der Waals surface area contributed by atoms with E-state index in [1.165, 1.54) is 0 Å². The molecule has 5 rings (SSSR count). The van der Waals surface area contributed by atoms with Crippen molar-refractivity contribution in [3.63, 3.8) is 0 Å². The van der Waals surface area contributed by atoms with Gasteiger partial charge in [0.2, 0.25) is 11.8 Å². The summed E-state index contributed by atoms with van der Waals surface area (Å²) < 4.78 is 5.52. The Labute approximate surface area is 236 Å². The van der Waals surface area contributed by atoms with E-state index in [9.17, 15) is 14.4 Å². The minimum atomic E-state index is -0.502. The van der Waals surface area contributed by atoms with Crippen LogP contribution in [0, 0.1) is 11.8 Å². The number of nitrogens with zero attached hydrogens (tertiary/aromatic N) is 3. The SMILES string of the molecule is CC(=O)N1c2ccc(C(N)=O)cc2[C@H](Nc2ccc(N3CCN(C(=O)OC(C)(C)C)CC3)cc2)[C@@H](C)[C@@H]1C1CC1. The molecular weight excluding hydrogens is 506 g/mol. The van der Waals surface area contributed by atoms with Crippen LogP contribution in [0.2, 0.25) is 0 Å². The fourth-order valence-electron chi connectivity index (χ4n) is 6.14. The minimum absolute atomic E-state index is 0.0198. The number of nitrogens with two attached hydrogens (primary N) is 1. The number of anilines is 3. The summed E-state index contributed by atoms with van der Waals surface area (Å²) in [6.45, 7) is 12.1. The number of rotatable bonds is 5. The average Bonchev–Trinajstić information content (AvgIpc) is 3.74. The van der Waals surface area contributed by atoms with E-state index >= 15 is 0 Å². The number of hydrogen-bond donors (Lipinski definition) is 2. The first-order valence-electron chi connectivity index (χ1n) is 14.3. The van der Waals surface area contributed by atoms with E-state index in [1.807, 2.05) is 37.8 Å². The fourth-order valence-corrected chi connectivity index (χ4v) is 6.14. The molecule has 3 N–H and O–H groups in total. The molecule has 9 heteroatoms. The Morgan fingerprint density at radius 2 is 1.62 bits per heavy atom. The molecule has 40 heavy (non-hydrogen) atoms. The van der Waals surface area contributed by atoms with Crippen molar-refractivity contribution in [2.45, 2.75) is 65.1 Å². The molecule has 0 radical (unpaired) electrons. The number of carbonyl (C=O) groups is 3. The zero-order valence-corrected chi connectivity index (χ0v) is 24.1. The topological polar surface area (TPSA) is 108 Å². The molecule has 2 aromatic rings. The summed E-state index contributed by atoms with van der Waals surface area (Å²) in [6, 6.07) is 13.8. The Morgan fingerprint density at radius 1 is 0.975 bits per heavy atom. The van der Waals surface area contributed by atoms with Crippen molar-refractivity contribution in [2.75, 3.05) is 41.3 Å². The van der Waals surface area contributed by atoms with Crippen LogP contribution in [0.1, 0.15) is 69.4 Å². The van der Waals surface area contributed by atoms with Gasteiger partial charge >= 0.3 is 6.09 Å². The lowest BCUT2D eigenvalue weighted by Crippen LogP contribution is -2.51. The molecule has 3 aliphatic rings. The molecule has 0 bridgehead atoms. The van der Waals surface area contributed by atoms with Gasteiger partial charge in [0.05, 0.1) is 6.04 Å². The molecule has 0 spiro atoms. The van der Waals surface area contributed by atoms with Crippen LogP contribution in [-0.2, 0) is 9.53 Å². The second kappa shape index (κ2) is 10.7. The second-order valence-corrected chi connectivity index (χ2v) is 12.3. The Hall–Kier alpha value is -3.75. The summed E-state index contributed by atoms with van der Waals surface area (Å²) in [4.78, 5) is 43.2. The van der Waals surface area contributed by atoms with Crippen LogP contribution in [0.3, 0.4) is 0 Å². The Morgan fingerprint density at radius 3 is 2.17 bits per heavy atom. The van der Waals surface area contributed by atoms with Crippen LogP contribution in [0.5, 0.6) is 0 Å². The van der Waals surface area contributed by atoms with E-state index < -0.39 is 11.5 Å². The van der Waals surface area contributed by atoms with Crippen LogP contribution in [-0.4, -0.2) is 60.6 Å². The number of fused-ring (bicyclic) bond motifs is 1. The first-order chi connectivity index (χ1) is 18.9. The number of ether oxygens (including phenoxy) is 1. The van der Waals surface area contributed by atoms with E-state index in [0.717, 1.165) is 48.6 Å². The number of benzene rings is 2. The summed E-state index contributed by atoms with van der Waals surface area (Å²) in [5.41, 5.74) is 9.39. The van der Waals surface area contributed by atoms with Crippen LogP contribution >= 0.6 is 0 Å². The highest BCUT2D eigenvalue weighted by molar-refractivity contribution is 5.97. The molecule has 2 aromatic carbocycles. The maximum atomic E-state index is 12.8. The maximum absolute atomic E-state index is 12.8. The third-order valence-corrected chi connectivity index (χ3v) is 8.20. The van der Waals surface area contributed by atoms with Gasteiger partial charge in [0.15, 0.2) is 0 Å². The molecule has 214 valence electrons. The quantitative estimate of drug-likeness (QED) is 0.558. The summed E-state index contributed by atoms with van der Waals surface area (Å²) >= 11 is 0. The van der Waals surface area contributed by atoms with Crippen LogP contribution in [0.15, 0.2) is 42.5 Å². The molecule has 3 atom stereocenters. The predicted molar refractivity (Wildman–Crippen MR) is 157 cm³/mol. The lowest BCUT2D eigenvalue weighted by atomic mass is 9.79. The number of piperazine rings is 1. The van der Waals surface area contributed by atoms with E-state index in [-0.39, 0.29) is 30.0 Å². The molecule has 2 fully saturated rings. The number of hydrogen-bond acceptors (Lipinski definition) is 6. The standard InChI is InChI=1S/C31H41N5O4/c1-19-27(25-18-22(29(32)38)8-13-26(25)36(20(2)37)28(19)21-6-7-21)33-23-9-11-24(12-10-23)34-14-16-35(17-15-34)30(39)40-31(3,4)5/h8-13,18-19,21,27-28,33H,6-7,14-17H2,1-5H3,(H2,32,38)/t19-,27-,28-/m1/s1. The number of primary amides is 1. The van der Waals surface area contributed by atoms with E-state index in [1.54, 1.807) is 17.9 Å². The zero-order chi connectivity index (χ0) is 28.8. The van der Waals surface area contributed by atoms with Crippen molar-refractivity contribution in [1.82, 2.24) is 4.90 Å². The van der Waals surface area contributed by atoms with E-state index in [2.05, 4.69) is 41.4 Å². The van der Waals surface area contributed by atoms with E-state index in [4.69, 9.17) is 10.5 Å². The van der Waals surface area contributed by atoms with E-state index in [0.29, 0.717) is 24.6 Å². The molecule has 9 nitrogen and oxygen atoms in total. The van der Waals surface area contributed by atoms with Gasteiger partial charge in [0.1, 0.15) is 5.60 Å². The van der Waals surface area contributed by atoms with Gasteiger partial charge in [-0.15, -0.1) is 0 Å². The van der Waals surface area contributed by atoms with Crippen LogP contribution in [0.4, 0.5) is 21.9 Å². The first kappa shape index (κ1) is 27.8. The summed E-state index contributed by atoms with van der Waals surface area (Å²) in [6.07, 6.45) is 1.98. The van der Waals surface area contributed by atoms with Crippen molar-refractivity contribution in [1.29, 1.82) is 0 Å². The molecule has 2 heterocycles.